The van der Waals surface area contributed by atoms with Gasteiger partial charge in [-0.05, 0) is 24.3 Å². The minimum absolute atomic E-state index is 0.0980. The molecule has 194 valence electrons. The smallest absolute Gasteiger partial charge is 0.234 e. The van der Waals surface area contributed by atoms with Crippen LogP contribution in [0.4, 0.5) is 5.69 Å². The van der Waals surface area contributed by atoms with Gasteiger partial charge in [-0.3, -0.25) is 9.36 Å². The Morgan fingerprint density at radius 2 is 1.58 bits per heavy atom. The van der Waals surface area contributed by atoms with Gasteiger partial charge in [0.1, 0.15) is 11.5 Å². The molecular weight excluding hydrogens is 488 g/mol. The average Bonchev–Trinajstić information content (AvgIpc) is 3.32. The van der Waals surface area contributed by atoms with E-state index in [0.717, 1.165) is 0 Å². The third kappa shape index (κ3) is 6.13. The second kappa shape index (κ2) is 12.9. The van der Waals surface area contributed by atoms with Crippen LogP contribution in [0.25, 0.3) is 11.4 Å². The van der Waals surface area contributed by atoms with Gasteiger partial charge in [-0.1, -0.05) is 11.8 Å². The van der Waals surface area contributed by atoms with Crippen molar-refractivity contribution in [3.63, 3.8) is 0 Å². The molecule has 3 aromatic rings. The lowest BCUT2D eigenvalue weighted by molar-refractivity contribution is -0.113. The number of benzene rings is 2. The molecule has 12 heteroatoms. The van der Waals surface area contributed by atoms with Gasteiger partial charge in [0.25, 0.3) is 0 Å². The molecule has 0 saturated carbocycles. The summed E-state index contributed by atoms with van der Waals surface area (Å²) in [5, 5.41) is 12.1. The lowest BCUT2D eigenvalue weighted by atomic mass is 10.1. The fraction of sp³-hybridized carbons (Fsp3) is 0.375. The second-order valence-electron chi connectivity index (χ2n) is 7.27. The molecule has 2 aromatic carbocycles. The Hall–Kier alpha value is -3.64. The summed E-state index contributed by atoms with van der Waals surface area (Å²) in [5.74, 6) is 3.04. The number of nitrogens with one attached hydrogen (secondary N) is 1. The highest BCUT2D eigenvalue weighted by molar-refractivity contribution is 7.99. The van der Waals surface area contributed by atoms with Gasteiger partial charge >= 0.3 is 0 Å². The van der Waals surface area contributed by atoms with E-state index >= 15 is 0 Å². The number of hydrogen-bond acceptors (Lipinski definition) is 10. The molecule has 0 radical (unpaired) electrons. The van der Waals surface area contributed by atoms with Crippen molar-refractivity contribution in [2.75, 3.05) is 60.3 Å². The Kier molecular flexibility index (Phi) is 9.65. The zero-order chi connectivity index (χ0) is 26.1. The van der Waals surface area contributed by atoms with Crippen LogP contribution in [-0.4, -0.2) is 75.7 Å². The second-order valence-corrected chi connectivity index (χ2v) is 8.21. The van der Waals surface area contributed by atoms with Gasteiger partial charge < -0.3 is 33.7 Å². The highest BCUT2D eigenvalue weighted by Gasteiger charge is 2.20. The van der Waals surface area contributed by atoms with Gasteiger partial charge in [-0.2, -0.15) is 0 Å². The number of amides is 1. The summed E-state index contributed by atoms with van der Waals surface area (Å²) >= 11 is 1.25. The van der Waals surface area contributed by atoms with Crippen molar-refractivity contribution in [3.05, 3.63) is 30.3 Å². The van der Waals surface area contributed by atoms with Crippen molar-refractivity contribution in [2.45, 2.75) is 11.7 Å². The van der Waals surface area contributed by atoms with E-state index in [0.29, 0.717) is 64.1 Å². The summed E-state index contributed by atoms with van der Waals surface area (Å²) in [5.41, 5.74) is 1.23. The molecule has 1 amide bonds. The Labute approximate surface area is 214 Å². The van der Waals surface area contributed by atoms with Crippen LogP contribution in [0.3, 0.4) is 0 Å². The van der Waals surface area contributed by atoms with E-state index in [4.69, 9.17) is 28.4 Å². The van der Waals surface area contributed by atoms with Crippen molar-refractivity contribution >= 4 is 23.4 Å². The SMILES string of the molecule is COCCn1c(SCC(=O)Nc2cc(OC)ccc2OC)nnc1-c1cc(OC)c(OC)c(OC)c1. The molecule has 36 heavy (non-hydrogen) atoms. The summed E-state index contributed by atoms with van der Waals surface area (Å²) in [6, 6.07) is 8.78. The Balaban J connectivity index is 1.85. The van der Waals surface area contributed by atoms with Crippen molar-refractivity contribution < 1.29 is 33.2 Å². The fourth-order valence-electron chi connectivity index (χ4n) is 3.43. The van der Waals surface area contributed by atoms with Crippen LogP contribution in [0, 0.1) is 0 Å². The van der Waals surface area contributed by atoms with Gasteiger partial charge in [0.05, 0.1) is 60.1 Å². The molecule has 0 atom stereocenters. The lowest BCUT2D eigenvalue weighted by Crippen LogP contribution is -2.16. The maximum Gasteiger partial charge on any atom is 0.234 e. The largest absolute Gasteiger partial charge is 0.497 e. The van der Waals surface area contributed by atoms with Gasteiger partial charge in [-0.15, -0.1) is 10.2 Å². The van der Waals surface area contributed by atoms with E-state index in [-0.39, 0.29) is 11.7 Å². The average molecular weight is 519 g/mol. The monoisotopic (exact) mass is 518 g/mol. The summed E-state index contributed by atoms with van der Waals surface area (Å²) in [6.45, 7) is 0.902. The van der Waals surface area contributed by atoms with Crippen molar-refractivity contribution in [1.29, 1.82) is 0 Å². The standard InChI is InChI=1S/C24H30N4O7S/c1-30-10-9-28-23(15-11-19(33-4)22(35-6)20(12-15)34-5)26-27-24(28)36-14-21(29)25-17-13-16(31-2)7-8-18(17)32-3/h7-8,11-13H,9-10,14H2,1-6H3,(H,25,29). The van der Waals surface area contributed by atoms with Crippen LogP contribution in [-0.2, 0) is 16.1 Å². The van der Waals surface area contributed by atoms with E-state index < -0.39 is 0 Å². The number of hydrogen-bond donors (Lipinski definition) is 1. The quantitative estimate of drug-likeness (QED) is 0.338. The summed E-state index contributed by atoms with van der Waals surface area (Å²) in [6.07, 6.45) is 0. The highest BCUT2D eigenvalue weighted by atomic mass is 32.2. The molecule has 1 aromatic heterocycles. The molecule has 1 heterocycles. The predicted octanol–water partition coefficient (Wildman–Crippen LogP) is 3.37. The van der Waals surface area contributed by atoms with Crippen molar-refractivity contribution in [3.8, 4) is 40.1 Å². The minimum Gasteiger partial charge on any atom is -0.497 e. The molecule has 0 aliphatic heterocycles. The maximum atomic E-state index is 12.7. The van der Waals surface area contributed by atoms with E-state index in [2.05, 4.69) is 15.5 Å². The van der Waals surface area contributed by atoms with Crippen molar-refractivity contribution in [2.24, 2.45) is 0 Å². The topological polar surface area (TPSA) is 115 Å². The van der Waals surface area contributed by atoms with Crippen LogP contribution >= 0.6 is 11.8 Å². The molecule has 0 aliphatic rings. The van der Waals surface area contributed by atoms with Crippen LogP contribution in [0.15, 0.2) is 35.5 Å². The van der Waals surface area contributed by atoms with Crippen LogP contribution < -0.4 is 29.0 Å². The van der Waals surface area contributed by atoms with Crippen LogP contribution in [0.5, 0.6) is 28.7 Å². The minimum atomic E-state index is -0.234. The predicted molar refractivity (Wildman–Crippen MR) is 136 cm³/mol. The first-order valence-electron chi connectivity index (χ1n) is 10.9. The fourth-order valence-corrected chi connectivity index (χ4v) is 4.20. The third-order valence-electron chi connectivity index (χ3n) is 5.17. The number of anilines is 1. The van der Waals surface area contributed by atoms with E-state index in [1.54, 1.807) is 65.9 Å². The molecule has 0 fully saturated rings. The first-order chi connectivity index (χ1) is 17.5. The Morgan fingerprint density at radius 3 is 2.17 bits per heavy atom. The molecule has 0 unspecified atom stereocenters. The van der Waals surface area contributed by atoms with Gasteiger partial charge in [0.15, 0.2) is 22.5 Å². The number of aromatic nitrogens is 3. The molecule has 3 rings (SSSR count). The summed E-state index contributed by atoms with van der Waals surface area (Å²) < 4.78 is 34.1. The number of rotatable bonds is 13. The third-order valence-corrected chi connectivity index (χ3v) is 6.14. The summed E-state index contributed by atoms with van der Waals surface area (Å²) in [4.78, 5) is 12.7. The molecule has 0 saturated heterocycles. The van der Waals surface area contributed by atoms with E-state index in [9.17, 15) is 4.79 Å². The molecule has 0 spiro atoms. The van der Waals surface area contributed by atoms with Gasteiger partial charge in [-0.25, -0.2) is 0 Å². The number of methoxy groups -OCH3 is 6. The number of carbonyl (C=O) groups is 1. The lowest BCUT2D eigenvalue weighted by Gasteiger charge is -2.15. The Morgan fingerprint density at radius 1 is 0.889 bits per heavy atom. The van der Waals surface area contributed by atoms with Crippen LogP contribution in [0.2, 0.25) is 0 Å². The van der Waals surface area contributed by atoms with Gasteiger partial charge in [0, 0.05) is 18.7 Å². The molecule has 0 bridgehead atoms. The number of thioether (sulfide) groups is 1. The molecule has 1 N–H and O–H groups in total. The normalized spacial score (nSPS) is 10.6. The zero-order valence-corrected chi connectivity index (χ0v) is 21.9. The first-order valence-corrected chi connectivity index (χ1v) is 11.8. The van der Waals surface area contributed by atoms with E-state index in [1.165, 1.54) is 18.9 Å². The zero-order valence-electron chi connectivity index (χ0n) is 21.1. The molecule has 11 nitrogen and oxygen atoms in total. The number of nitrogens with zero attached hydrogens (tertiary/aromatic N) is 3. The maximum absolute atomic E-state index is 12.7. The van der Waals surface area contributed by atoms with Crippen LogP contribution in [0.1, 0.15) is 0 Å². The Bertz CT molecular complexity index is 1160. The van der Waals surface area contributed by atoms with Crippen molar-refractivity contribution in [1.82, 2.24) is 14.8 Å². The molecular formula is C24H30N4O7S. The number of ether oxygens (including phenoxy) is 6. The summed E-state index contributed by atoms with van der Waals surface area (Å²) in [7, 11) is 9.35. The first kappa shape index (κ1) is 27.0. The highest BCUT2D eigenvalue weighted by Crippen LogP contribution is 2.41. The molecule has 0 aliphatic carbocycles. The number of carbonyl (C=O) groups excluding carboxylic acids is 1. The van der Waals surface area contributed by atoms with E-state index in [1.807, 2.05) is 4.57 Å². The van der Waals surface area contributed by atoms with Gasteiger partial charge in [0.2, 0.25) is 11.7 Å².